The Bertz CT molecular complexity index is 1180. The summed E-state index contributed by atoms with van der Waals surface area (Å²) >= 11 is 6.16. The first-order valence-electron chi connectivity index (χ1n) is 8.83. The van der Waals surface area contributed by atoms with Crippen molar-refractivity contribution < 1.29 is 9.53 Å². The molecule has 0 saturated carbocycles. The molecule has 0 fully saturated rings. The van der Waals surface area contributed by atoms with Crippen molar-refractivity contribution in [1.82, 2.24) is 14.6 Å². The average molecular weight is 392 g/mol. The van der Waals surface area contributed by atoms with Gasteiger partial charge in [-0.05, 0) is 37.3 Å². The van der Waals surface area contributed by atoms with E-state index in [9.17, 15) is 4.79 Å². The van der Waals surface area contributed by atoms with Gasteiger partial charge < -0.3 is 4.74 Å². The Labute approximate surface area is 167 Å². The van der Waals surface area contributed by atoms with Gasteiger partial charge >= 0.3 is 5.97 Å². The summed E-state index contributed by atoms with van der Waals surface area (Å²) in [7, 11) is 1.35. The first-order valence-corrected chi connectivity index (χ1v) is 9.21. The van der Waals surface area contributed by atoms with Crippen LogP contribution in [0.2, 0.25) is 5.02 Å². The van der Waals surface area contributed by atoms with Gasteiger partial charge in [0.2, 0.25) is 0 Å². The number of carbonyl (C=O) groups is 1. The Morgan fingerprint density at radius 3 is 2.75 bits per heavy atom. The smallest absolute Gasteiger partial charge is 0.356 e. The van der Waals surface area contributed by atoms with E-state index < -0.39 is 5.97 Å². The van der Waals surface area contributed by atoms with Crippen LogP contribution in [0, 0.1) is 6.92 Å². The fourth-order valence-electron chi connectivity index (χ4n) is 3.25. The number of fused-ring (bicyclic) bond motifs is 1. The van der Waals surface area contributed by atoms with Crippen LogP contribution >= 0.6 is 11.6 Å². The van der Waals surface area contributed by atoms with Crippen molar-refractivity contribution in [1.29, 1.82) is 0 Å². The van der Waals surface area contributed by atoms with Gasteiger partial charge in [-0.1, -0.05) is 41.4 Å². The monoisotopic (exact) mass is 391 g/mol. The van der Waals surface area contributed by atoms with E-state index in [4.69, 9.17) is 21.4 Å². The van der Waals surface area contributed by atoms with E-state index in [0.717, 1.165) is 33.6 Å². The van der Waals surface area contributed by atoms with E-state index in [-0.39, 0.29) is 5.69 Å². The highest BCUT2D eigenvalue weighted by molar-refractivity contribution is 6.30. The van der Waals surface area contributed by atoms with Crippen LogP contribution in [-0.2, 0) is 11.2 Å². The molecule has 5 nitrogen and oxygen atoms in total. The van der Waals surface area contributed by atoms with Crippen molar-refractivity contribution in [2.75, 3.05) is 7.11 Å². The average Bonchev–Trinajstić information content (AvgIpc) is 3.05. The predicted octanol–water partition coefficient (Wildman–Crippen LogP) is 4.74. The van der Waals surface area contributed by atoms with E-state index >= 15 is 0 Å². The van der Waals surface area contributed by atoms with Crippen molar-refractivity contribution in [3.63, 3.8) is 0 Å². The van der Waals surface area contributed by atoms with Crippen LogP contribution in [-0.4, -0.2) is 27.7 Å². The number of hydrogen-bond acceptors (Lipinski definition) is 4. The second-order valence-corrected chi connectivity index (χ2v) is 6.99. The number of rotatable bonds is 4. The topological polar surface area (TPSA) is 56.5 Å². The maximum absolute atomic E-state index is 11.8. The van der Waals surface area contributed by atoms with Crippen molar-refractivity contribution in [2.24, 2.45) is 0 Å². The molecule has 0 bridgehead atoms. The van der Waals surface area contributed by atoms with Gasteiger partial charge in [0, 0.05) is 29.4 Å². The number of ether oxygens (including phenoxy) is 1. The van der Waals surface area contributed by atoms with Gasteiger partial charge in [0.25, 0.3) is 0 Å². The summed E-state index contributed by atoms with van der Waals surface area (Å²) in [6.45, 7) is 2.05. The first kappa shape index (κ1) is 18.2. The first-order chi connectivity index (χ1) is 13.5. The molecule has 4 rings (SSSR count). The van der Waals surface area contributed by atoms with Crippen molar-refractivity contribution in [2.45, 2.75) is 13.3 Å². The lowest BCUT2D eigenvalue weighted by molar-refractivity contribution is 0.0593. The Hall–Kier alpha value is -3.18. The molecule has 0 aliphatic rings. The lowest BCUT2D eigenvalue weighted by atomic mass is 10.0. The number of carbonyl (C=O) groups excluding carboxylic acids is 1. The molecule has 0 unspecified atom stereocenters. The fraction of sp³-hybridized carbons (Fsp3) is 0.136. The Morgan fingerprint density at radius 2 is 1.96 bits per heavy atom. The summed E-state index contributed by atoms with van der Waals surface area (Å²) in [5.74, 6) is -0.451. The largest absolute Gasteiger partial charge is 0.464 e. The maximum atomic E-state index is 11.8. The zero-order valence-corrected chi connectivity index (χ0v) is 16.3. The molecule has 0 atom stereocenters. The van der Waals surface area contributed by atoms with Gasteiger partial charge in [0.15, 0.2) is 0 Å². The van der Waals surface area contributed by atoms with Crippen LogP contribution in [0.3, 0.4) is 0 Å². The Balaban J connectivity index is 1.86. The predicted molar refractivity (Wildman–Crippen MR) is 109 cm³/mol. The third-order valence-corrected chi connectivity index (χ3v) is 4.77. The highest BCUT2D eigenvalue weighted by Gasteiger charge is 2.17. The van der Waals surface area contributed by atoms with Crippen LogP contribution in [0.1, 0.15) is 27.3 Å². The molecular formula is C22H18ClN3O2. The zero-order chi connectivity index (χ0) is 19.7. The van der Waals surface area contributed by atoms with E-state index in [2.05, 4.69) is 24.0 Å². The molecule has 28 heavy (non-hydrogen) atoms. The molecule has 6 heteroatoms. The lowest BCUT2D eigenvalue weighted by Crippen LogP contribution is -2.06. The number of hydrogen-bond donors (Lipinski definition) is 0. The minimum Gasteiger partial charge on any atom is -0.464 e. The van der Waals surface area contributed by atoms with Gasteiger partial charge in [0.05, 0.1) is 23.3 Å². The number of benzene rings is 1. The summed E-state index contributed by atoms with van der Waals surface area (Å²) < 4.78 is 6.57. The number of nitrogens with zero attached hydrogens (tertiary/aromatic N) is 3. The van der Waals surface area contributed by atoms with E-state index in [1.807, 2.05) is 36.4 Å². The van der Waals surface area contributed by atoms with Crippen LogP contribution < -0.4 is 0 Å². The quantitative estimate of drug-likeness (QED) is 0.472. The highest BCUT2D eigenvalue weighted by atomic mass is 35.5. The molecule has 1 aromatic carbocycles. The van der Waals surface area contributed by atoms with Crippen LogP contribution in [0.5, 0.6) is 0 Å². The fourth-order valence-corrected chi connectivity index (χ4v) is 3.41. The van der Waals surface area contributed by atoms with Crippen LogP contribution in [0.15, 0.2) is 60.8 Å². The van der Waals surface area contributed by atoms with E-state index in [1.165, 1.54) is 7.11 Å². The molecule has 4 aromatic rings. The summed E-state index contributed by atoms with van der Waals surface area (Å²) in [6, 6.07) is 17.4. The molecule has 0 N–H and O–H groups in total. The lowest BCUT2D eigenvalue weighted by Gasteiger charge is -2.06. The van der Waals surface area contributed by atoms with Gasteiger partial charge in [-0.15, -0.1) is 0 Å². The van der Waals surface area contributed by atoms with Gasteiger partial charge in [0.1, 0.15) is 5.69 Å². The highest BCUT2D eigenvalue weighted by Crippen LogP contribution is 2.29. The second kappa shape index (κ2) is 7.44. The number of esters is 1. The molecule has 0 saturated heterocycles. The molecule has 0 spiro atoms. The Kier molecular flexibility index (Phi) is 4.84. The second-order valence-electron chi connectivity index (χ2n) is 6.56. The molecule has 3 aromatic heterocycles. The number of aromatic nitrogens is 3. The normalized spacial score (nSPS) is 11.0. The Morgan fingerprint density at radius 1 is 1.14 bits per heavy atom. The number of halogens is 1. The van der Waals surface area contributed by atoms with Crippen LogP contribution in [0.4, 0.5) is 0 Å². The molecule has 0 amide bonds. The molecule has 140 valence electrons. The number of methoxy groups -OCH3 is 1. The molecule has 0 radical (unpaired) electrons. The van der Waals surface area contributed by atoms with Crippen molar-refractivity contribution >= 4 is 23.1 Å². The summed E-state index contributed by atoms with van der Waals surface area (Å²) in [5, 5.41) is 5.38. The minimum atomic E-state index is -0.451. The van der Waals surface area contributed by atoms with Gasteiger partial charge in [-0.2, -0.15) is 5.10 Å². The molecule has 0 aliphatic carbocycles. The third kappa shape index (κ3) is 3.49. The molecular weight excluding hydrogens is 374 g/mol. The van der Waals surface area contributed by atoms with Crippen LogP contribution in [0.25, 0.3) is 16.8 Å². The van der Waals surface area contributed by atoms with Gasteiger partial charge in [-0.3, -0.25) is 0 Å². The zero-order valence-electron chi connectivity index (χ0n) is 15.5. The maximum Gasteiger partial charge on any atom is 0.356 e. The SMILES string of the molecule is COC(=O)c1cccc(Cc2c(-c3cccc(C)c3)nn3cc(Cl)ccc23)n1. The molecule has 3 heterocycles. The van der Waals surface area contributed by atoms with Crippen molar-refractivity contribution in [3.8, 4) is 11.3 Å². The van der Waals surface area contributed by atoms with E-state index in [0.29, 0.717) is 11.4 Å². The summed E-state index contributed by atoms with van der Waals surface area (Å²) in [4.78, 5) is 16.3. The number of aryl methyl sites for hydroxylation is 1. The number of pyridine rings is 2. The standard InChI is InChI=1S/C22H18ClN3O2/c1-14-5-3-6-15(11-14)21-18(20-10-9-16(23)13-26(20)25-21)12-17-7-4-8-19(24-17)22(27)28-2/h3-11,13H,12H2,1-2H3. The summed E-state index contributed by atoms with van der Waals surface area (Å²) in [5.41, 5.74) is 6.08. The minimum absolute atomic E-state index is 0.289. The molecule has 0 aliphatic heterocycles. The van der Waals surface area contributed by atoms with E-state index in [1.54, 1.807) is 16.8 Å². The summed E-state index contributed by atoms with van der Waals surface area (Å²) in [6.07, 6.45) is 2.32. The van der Waals surface area contributed by atoms with Gasteiger partial charge in [-0.25, -0.2) is 14.3 Å². The van der Waals surface area contributed by atoms with Crippen molar-refractivity contribution in [3.05, 3.63) is 88.3 Å². The third-order valence-electron chi connectivity index (χ3n) is 4.55.